The van der Waals surface area contributed by atoms with Crippen LogP contribution in [0.2, 0.25) is 5.02 Å². The van der Waals surface area contributed by atoms with Crippen LogP contribution in [0.4, 0.5) is 5.82 Å². The van der Waals surface area contributed by atoms with Crippen molar-refractivity contribution in [3.05, 3.63) is 116 Å². The number of anilines is 1. The van der Waals surface area contributed by atoms with Crippen LogP contribution in [0.25, 0.3) is 11.1 Å². The maximum absolute atomic E-state index is 13.0. The van der Waals surface area contributed by atoms with E-state index in [1.165, 1.54) is 5.56 Å². The quantitative estimate of drug-likeness (QED) is 0.371. The average Bonchev–Trinajstić information content (AvgIpc) is 3.40. The number of nitrogens with two attached hydrogens (primary N) is 1. The molecule has 0 radical (unpaired) electrons. The van der Waals surface area contributed by atoms with Crippen LogP contribution in [0.15, 0.2) is 66.7 Å². The Labute approximate surface area is 208 Å². The molecular weight excluding hydrogens is 458 g/mol. The summed E-state index contributed by atoms with van der Waals surface area (Å²) in [7, 11) is 0. The summed E-state index contributed by atoms with van der Waals surface area (Å²) in [6, 6.07) is 21.9. The molecule has 4 aromatic rings. The lowest BCUT2D eigenvalue weighted by Crippen LogP contribution is -2.24. The first kappa shape index (κ1) is 21.8. The van der Waals surface area contributed by atoms with Crippen LogP contribution in [0.3, 0.4) is 0 Å². The zero-order chi connectivity index (χ0) is 24.3. The van der Waals surface area contributed by atoms with Gasteiger partial charge in [-0.05, 0) is 83.1 Å². The van der Waals surface area contributed by atoms with Gasteiger partial charge < -0.3 is 15.8 Å². The molecule has 2 bridgehead atoms. The van der Waals surface area contributed by atoms with Crippen LogP contribution in [-0.2, 0) is 11.3 Å². The number of nitrogen functional groups attached to an aromatic ring is 1. The Kier molecular flexibility index (Phi) is 5.13. The third kappa shape index (κ3) is 3.59. The molecule has 0 fully saturated rings. The minimum absolute atomic E-state index is 0.125. The van der Waals surface area contributed by atoms with Crippen LogP contribution in [0.1, 0.15) is 61.6 Å². The van der Waals surface area contributed by atoms with Crippen LogP contribution < -0.4 is 11.1 Å². The van der Waals surface area contributed by atoms with Gasteiger partial charge in [0.05, 0.1) is 0 Å². The Bertz CT molecular complexity index is 1490. The number of rotatable bonds is 4. The lowest BCUT2D eigenvalue weighted by Gasteiger charge is -2.18. The molecule has 2 atom stereocenters. The molecule has 3 N–H and O–H groups in total. The molecule has 0 saturated heterocycles. The number of halogens is 1. The maximum atomic E-state index is 13.0. The SMILES string of the molecule is Cc1cc(N)nc(C)c1CNC(=O)c1ccc2c(c1)C1OC2c2cc(-c3ccccc3Cl)ccc21. The molecule has 3 aromatic carbocycles. The van der Waals surface area contributed by atoms with Crippen molar-refractivity contribution in [1.29, 1.82) is 0 Å². The molecule has 2 unspecified atom stereocenters. The Hall–Kier alpha value is -3.67. The van der Waals surface area contributed by atoms with E-state index in [4.69, 9.17) is 22.1 Å². The molecule has 0 spiro atoms. The highest BCUT2D eigenvalue weighted by Gasteiger charge is 2.43. The van der Waals surface area contributed by atoms with Gasteiger partial charge in [0.15, 0.2) is 0 Å². The highest BCUT2D eigenvalue weighted by atomic mass is 35.5. The molecular formula is C29H24ClN3O2. The molecule has 2 aliphatic rings. The van der Waals surface area contributed by atoms with Crippen LogP contribution in [0.5, 0.6) is 0 Å². The number of ether oxygens (including phenoxy) is 1. The predicted molar refractivity (Wildman–Crippen MR) is 137 cm³/mol. The van der Waals surface area contributed by atoms with Crippen molar-refractivity contribution < 1.29 is 9.53 Å². The lowest BCUT2D eigenvalue weighted by atomic mass is 9.84. The van der Waals surface area contributed by atoms with E-state index < -0.39 is 0 Å². The summed E-state index contributed by atoms with van der Waals surface area (Å²) in [6.45, 7) is 4.28. The maximum Gasteiger partial charge on any atom is 0.251 e. The molecule has 3 heterocycles. The third-order valence-electron chi connectivity index (χ3n) is 7.02. The van der Waals surface area contributed by atoms with Gasteiger partial charge in [-0.3, -0.25) is 4.79 Å². The number of benzene rings is 3. The fourth-order valence-corrected chi connectivity index (χ4v) is 5.52. The second-order valence-corrected chi connectivity index (χ2v) is 9.58. The number of hydrogen-bond acceptors (Lipinski definition) is 4. The van der Waals surface area contributed by atoms with Gasteiger partial charge in [-0.2, -0.15) is 0 Å². The second-order valence-electron chi connectivity index (χ2n) is 9.17. The molecule has 5 nitrogen and oxygen atoms in total. The van der Waals surface area contributed by atoms with Crippen LogP contribution in [-0.4, -0.2) is 10.9 Å². The number of pyridine rings is 1. The van der Waals surface area contributed by atoms with E-state index >= 15 is 0 Å². The minimum Gasteiger partial charge on any atom is -0.384 e. The Morgan fingerprint density at radius 3 is 2.43 bits per heavy atom. The van der Waals surface area contributed by atoms with Crippen LogP contribution in [0, 0.1) is 13.8 Å². The molecule has 0 aliphatic carbocycles. The zero-order valence-electron chi connectivity index (χ0n) is 19.4. The number of nitrogens with zero attached hydrogens (tertiary/aromatic N) is 1. The third-order valence-corrected chi connectivity index (χ3v) is 7.35. The standard InChI is InChI=1S/C29H24ClN3O2/c1-15-11-26(31)33-16(2)24(15)14-32-29(34)18-8-10-21-23(13-18)28-20-9-7-17(12-22(20)27(21)35-28)19-5-3-4-6-25(19)30/h3-13,27-28H,14H2,1-2H3,(H2,31,33)(H,32,34). The second kappa shape index (κ2) is 8.22. The van der Waals surface area contributed by atoms with E-state index in [1.807, 2.05) is 62.4 Å². The Balaban J connectivity index is 1.25. The van der Waals surface area contributed by atoms with Crippen LogP contribution >= 0.6 is 11.6 Å². The first-order valence-electron chi connectivity index (χ1n) is 11.6. The molecule has 35 heavy (non-hydrogen) atoms. The largest absolute Gasteiger partial charge is 0.384 e. The number of amides is 1. The van der Waals surface area contributed by atoms with Crippen molar-refractivity contribution in [1.82, 2.24) is 10.3 Å². The monoisotopic (exact) mass is 481 g/mol. The summed E-state index contributed by atoms with van der Waals surface area (Å²) >= 11 is 6.43. The van der Waals surface area contributed by atoms with Gasteiger partial charge in [-0.25, -0.2) is 4.98 Å². The number of aryl methyl sites for hydroxylation is 2. The lowest BCUT2D eigenvalue weighted by molar-refractivity contribution is 0.0857. The van der Waals surface area contributed by atoms with Gasteiger partial charge in [-0.1, -0.05) is 48.0 Å². The molecule has 6 rings (SSSR count). The summed E-state index contributed by atoms with van der Waals surface area (Å²) in [4.78, 5) is 17.3. The highest BCUT2D eigenvalue weighted by molar-refractivity contribution is 6.33. The number of carbonyl (C=O) groups excluding carboxylic acids is 1. The fourth-order valence-electron chi connectivity index (χ4n) is 5.28. The van der Waals surface area contributed by atoms with Crippen molar-refractivity contribution in [2.24, 2.45) is 0 Å². The summed E-state index contributed by atoms with van der Waals surface area (Å²) in [5.41, 5.74) is 15.8. The van der Waals surface area contributed by atoms with E-state index in [-0.39, 0.29) is 18.1 Å². The molecule has 1 aromatic heterocycles. The number of aromatic nitrogens is 1. The normalized spacial score (nSPS) is 17.2. The Morgan fingerprint density at radius 1 is 0.971 bits per heavy atom. The van der Waals surface area contributed by atoms with Gasteiger partial charge >= 0.3 is 0 Å². The fraction of sp³-hybridized carbons (Fsp3) is 0.172. The van der Waals surface area contributed by atoms with E-state index in [0.717, 1.165) is 49.7 Å². The minimum atomic E-state index is -0.163. The number of nitrogens with one attached hydrogen (secondary N) is 1. The molecule has 0 saturated carbocycles. The smallest absolute Gasteiger partial charge is 0.251 e. The average molecular weight is 482 g/mol. The summed E-state index contributed by atoms with van der Waals surface area (Å²) in [6.07, 6.45) is -0.292. The molecule has 2 aliphatic heterocycles. The van der Waals surface area contributed by atoms with Gasteiger partial charge in [-0.15, -0.1) is 0 Å². The van der Waals surface area contributed by atoms with E-state index in [0.29, 0.717) is 17.9 Å². The van der Waals surface area contributed by atoms with Crippen molar-refractivity contribution in [3.63, 3.8) is 0 Å². The molecule has 1 amide bonds. The van der Waals surface area contributed by atoms with E-state index in [9.17, 15) is 4.79 Å². The summed E-state index contributed by atoms with van der Waals surface area (Å²) in [5, 5.41) is 3.76. The van der Waals surface area contributed by atoms with Gasteiger partial charge in [0.25, 0.3) is 5.91 Å². The van der Waals surface area contributed by atoms with Crippen molar-refractivity contribution >= 4 is 23.3 Å². The van der Waals surface area contributed by atoms with Gasteiger partial charge in [0.1, 0.15) is 18.0 Å². The predicted octanol–water partition coefficient (Wildman–Crippen LogP) is 6.05. The molecule has 6 heteroatoms. The van der Waals surface area contributed by atoms with Gasteiger partial charge in [0, 0.05) is 28.4 Å². The number of carbonyl (C=O) groups is 1. The first-order valence-corrected chi connectivity index (χ1v) is 12.0. The summed E-state index contributed by atoms with van der Waals surface area (Å²) in [5.74, 6) is 0.364. The Morgan fingerprint density at radius 2 is 1.69 bits per heavy atom. The van der Waals surface area contributed by atoms with Crippen molar-refractivity contribution in [2.45, 2.75) is 32.6 Å². The topological polar surface area (TPSA) is 77.2 Å². The van der Waals surface area contributed by atoms with E-state index in [2.05, 4.69) is 28.5 Å². The summed E-state index contributed by atoms with van der Waals surface area (Å²) < 4.78 is 6.36. The van der Waals surface area contributed by atoms with E-state index in [1.54, 1.807) is 0 Å². The van der Waals surface area contributed by atoms with Gasteiger partial charge in [0.2, 0.25) is 0 Å². The first-order chi connectivity index (χ1) is 16.9. The zero-order valence-corrected chi connectivity index (χ0v) is 20.2. The molecule has 174 valence electrons. The van der Waals surface area contributed by atoms with Crippen molar-refractivity contribution in [3.8, 4) is 11.1 Å². The number of hydrogen-bond donors (Lipinski definition) is 2. The van der Waals surface area contributed by atoms with Crippen molar-refractivity contribution in [2.75, 3.05) is 5.73 Å². The highest BCUT2D eigenvalue weighted by Crippen LogP contribution is 2.55. The number of fused-ring (bicyclic) bond motifs is 8.